The Bertz CT molecular complexity index is 660. The van der Waals surface area contributed by atoms with Crippen LogP contribution in [-0.4, -0.2) is 44.1 Å². The zero-order chi connectivity index (χ0) is 17.0. The second-order valence-corrected chi connectivity index (χ2v) is 7.87. The SMILES string of the molecule is CCC(C)C1C(=O)Nc2ccccc2CN1S(=O)(=O)CCOC. The lowest BCUT2D eigenvalue weighted by molar-refractivity contribution is -0.121. The van der Waals surface area contributed by atoms with E-state index in [-0.39, 0.29) is 30.7 Å². The Morgan fingerprint density at radius 1 is 1.39 bits per heavy atom. The molecule has 1 aromatic rings. The highest BCUT2D eigenvalue weighted by Gasteiger charge is 2.40. The molecule has 0 spiro atoms. The maximum Gasteiger partial charge on any atom is 0.243 e. The Morgan fingerprint density at radius 2 is 2.09 bits per heavy atom. The summed E-state index contributed by atoms with van der Waals surface area (Å²) in [5.74, 6) is -0.488. The van der Waals surface area contributed by atoms with Crippen molar-refractivity contribution in [3.63, 3.8) is 0 Å². The third kappa shape index (κ3) is 3.91. The topological polar surface area (TPSA) is 75.7 Å². The van der Waals surface area contributed by atoms with Crippen LogP contribution in [-0.2, 0) is 26.1 Å². The van der Waals surface area contributed by atoms with Gasteiger partial charge in [-0.3, -0.25) is 4.79 Å². The van der Waals surface area contributed by atoms with Crippen LogP contribution in [0.25, 0.3) is 0 Å². The molecule has 1 aliphatic heterocycles. The molecule has 0 saturated heterocycles. The zero-order valence-electron chi connectivity index (χ0n) is 13.8. The summed E-state index contributed by atoms with van der Waals surface area (Å²) >= 11 is 0. The van der Waals surface area contributed by atoms with Crippen LogP contribution < -0.4 is 5.32 Å². The summed E-state index contributed by atoms with van der Waals surface area (Å²) < 4.78 is 31.7. The van der Waals surface area contributed by atoms with E-state index in [9.17, 15) is 13.2 Å². The zero-order valence-corrected chi connectivity index (χ0v) is 14.6. The third-order valence-corrected chi connectivity index (χ3v) is 6.02. The molecule has 1 amide bonds. The van der Waals surface area contributed by atoms with Crippen LogP contribution in [0.5, 0.6) is 0 Å². The van der Waals surface area contributed by atoms with Crippen molar-refractivity contribution in [3.05, 3.63) is 29.8 Å². The van der Waals surface area contributed by atoms with Gasteiger partial charge in [-0.05, 0) is 17.5 Å². The monoisotopic (exact) mass is 340 g/mol. The fourth-order valence-corrected chi connectivity index (χ4v) is 4.32. The molecule has 2 atom stereocenters. The fourth-order valence-electron chi connectivity index (χ4n) is 2.73. The molecule has 0 bridgehead atoms. The van der Waals surface area contributed by atoms with Gasteiger partial charge in [-0.2, -0.15) is 4.31 Å². The molecule has 1 aliphatic rings. The molecule has 0 radical (unpaired) electrons. The Kier molecular flexibility index (Phi) is 5.78. The fraction of sp³-hybridized carbons (Fsp3) is 0.562. The van der Waals surface area contributed by atoms with Gasteiger partial charge in [0.2, 0.25) is 15.9 Å². The number of benzene rings is 1. The largest absolute Gasteiger partial charge is 0.384 e. The van der Waals surface area contributed by atoms with Crippen molar-refractivity contribution in [1.29, 1.82) is 0 Å². The van der Waals surface area contributed by atoms with E-state index in [0.717, 1.165) is 5.56 Å². The van der Waals surface area contributed by atoms with Gasteiger partial charge in [0.05, 0.1) is 12.4 Å². The molecule has 2 rings (SSSR count). The van der Waals surface area contributed by atoms with Crippen LogP contribution in [0.3, 0.4) is 0 Å². The van der Waals surface area contributed by atoms with E-state index < -0.39 is 16.1 Å². The maximum absolute atomic E-state index is 12.7. The average Bonchev–Trinajstić information content (AvgIpc) is 2.68. The van der Waals surface area contributed by atoms with Crippen molar-refractivity contribution in [2.45, 2.75) is 32.9 Å². The minimum atomic E-state index is -3.60. The van der Waals surface area contributed by atoms with Gasteiger partial charge in [0, 0.05) is 19.3 Å². The number of carbonyl (C=O) groups is 1. The lowest BCUT2D eigenvalue weighted by Crippen LogP contribution is -2.49. The van der Waals surface area contributed by atoms with E-state index in [1.807, 2.05) is 32.0 Å². The van der Waals surface area contributed by atoms with Gasteiger partial charge >= 0.3 is 0 Å². The van der Waals surface area contributed by atoms with Crippen LogP contribution in [0.4, 0.5) is 5.69 Å². The highest BCUT2D eigenvalue weighted by atomic mass is 32.2. The number of hydrogen-bond donors (Lipinski definition) is 1. The molecule has 0 fully saturated rings. The van der Waals surface area contributed by atoms with E-state index in [1.54, 1.807) is 6.07 Å². The number of methoxy groups -OCH3 is 1. The van der Waals surface area contributed by atoms with E-state index in [2.05, 4.69) is 5.32 Å². The summed E-state index contributed by atoms with van der Waals surface area (Å²) in [5.41, 5.74) is 1.47. The second kappa shape index (κ2) is 7.42. The predicted octanol–water partition coefficient (Wildman–Crippen LogP) is 1.83. The number of fused-ring (bicyclic) bond motifs is 1. The maximum atomic E-state index is 12.7. The Labute approximate surface area is 137 Å². The summed E-state index contributed by atoms with van der Waals surface area (Å²) in [6, 6.07) is 6.59. The first-order valence-electron chi connectivity index (χ1n) is 7.78. The molecule has 1 aromatic carbocycles. The van der Waals surface area contributed by atoms with E-state index >= 15 is 0 Å². The number of hydrogen-bond acceptors (Lipinski definition) is 4. The summed E-state index contributed by atoms with van der Waals surface area (Å²) in [4.78, 5) is 12.7. The summed E-state index contributed by atoms with van der Waals surface area (Å²) in [6.45, 7) is 4.15. The molecule has 23 heavy (non-hydrogen) atoms. The summed E-state index contributed by atoms with van der Waals surface area (Å²) in [7, 11) is -2.14. The number of sulfonamides is 1. The molecule has 0 aromatic heterocycles. The molecular formula is C16H24N2O4S. The molecule has 1 heterocycles. The van der Waals surface area contributed by atoms with Crippen molar-refractivity contribution in [2.24, 2.45) is 5.92 Å². The quantitative estimate of drug-likeness (QED) is 0.857. The Morgan fingerprint density at radius 3 is 2.74 bits per heavy atom. The lowest BCUT2D eigenvalue weighted by Gasteiger charge is -2.31. The number of para-hydroxylation sites is 1. The number of nitrogens with one attached hydrogen (secondary N) is 1. The van der Waals surface area contributed by atoms with Crippen molar-refractivity contribution in [3.8, 4) is 0 Å². The normalized spacial score (nSPS) is 20.5. The van der Waals surface area contributed by atoms with Crippen molar-refractivity contribution in [1.82, 2.24) is 4.31 Å². The first kappa shape index (κ1) is 17.9. The van der Waals surface area contributed by atoms with Crippen molar-refractivity contribution in [2.75, 3.05) is 24.8 Å². The standard InChI is InChI=1S/C16H24N2O4S/c1-4-12(2)15-16(19)17-14-8-6-5-7-13(14)11-18(15)23(20,21)10-9-22-3/h5-8,12,15H,4,9-11H2,1-3H3,(H,17,19). The highest BCUT2D eigenvalue weighted by molar-refractivity contribution is 7.89. The number of amides is 1. The molecular weight excluding hydrogens is 316 g/mol. The third-order valence-electron chi connectivity index (χ3n) is 4.27. The van der Waals surface area contributed by atoms with Crippen LogP contribution in [0.2, 0.25) is 0 Å². The molecule has 7 heteroatoms. The number of carbonyl (C=O) groups excluding carboxylic acids is 1. The molecule has 1 N–H and O–H groups in total. The lowest BCUT2D eigenvalue weighted by atomic mass is 9.98. The van der Waals surface area contributed by atoms with E-state index in [0.29, 0.717) is 12.1 Å². The number of ether oxygens (including phenoxy) is 1. The van der Waals surface area contributed by atoms with Gasteiger partial charge in [-0.15, -0.1) is 0 Å². The number of nitrogens with zero attached hydrogens (tertiary/aromatic N) is 1. The minimum absolute atomic E-state index is 0.0818. The number of rotatable bonds is 6. The highest BCUT2D eigenvalue weighted by Crippen LogP contribution is 2.29. The minimum Gasteiger partial charge on any atom is -0.384 e. The number of anilines is 1. The van der Waals surface area contributed by atoms with Crippen LogP contribution >= 0.6 is 0 Å². The van der Waals surface area contributed by atoms with Gasteiger partial charge in [-0.1, -0.05) is 38.5 Å². The van der Waals surface area contributed by atoms with Crippen LogP contribution in [0.1, 0.15) is 25.8 Å². The smallest absolute Gasteiger partial charge is 0.243 e. The first-order valence-corrected chi connectivity index (χ1v) is 9.38. The van der Waals surface area contributed by atoms with Crippen molar-refractivity contribution >= 4 is 21.6 Å². The van der Waals surface area contributed by atoms with Gasteiger partial charge in [-0.25, -0.2) is 8.42 Å². The molecule has 0 aliphatic carbocycles. The Hall–Kier alpha value is -1.44. The van der Waals surface area contributed by atoms with Gasteiger partial charge in [0.15, 0.2) is 0 Å². The van der Waals surface area contributed by atoms with Crippen LogP contribution in [0.15, 0.2) is 24.3 Å². The van der Waals surface area contributed by atoms with E-state index in [1.165, 1.54) is 11.4 Å². The summed E-state index contributed by atoms with van der Waals surface area (Å²) in [6.07, 6.45) is 0.713. The van der Waals surface area contributed by atoms with E-state index in [4.69, 9.17) is 4.74 Å². The van der Waals surface area contributed by atoms with Crippen LogP contribution in [0, 0.1) is 5.92 Å². The Balaban J connectivity index is 2.46. The first-order chi connectivity index (χ1) is 10.9. The van der Waals surface area contributed by atoms with Gasteiger partial charge in [0.25, 0.3) is 0 Å². The second-order valence-electron chi connectivity index (χ2n) is 5.83. The van der Waals surface area contributed by atoms with Gasteiger partial charge < -0.3 is 10.1 Å². The summed E-state index contributed by atoms with van der Waals surface area (Å²) in [5, 5.41) is 2.87. The molecule has 128 valence electrons. The van der Waals surface area contributed by atoms with Crippen molar-refractivity contribution < 1.29 is 17.9 Å². The molecule has 0 saturated carbocycles. The molecule has 6 nitrogen and oxygen atoms in total. The molecule has 2 unspecified atom stereocenters. The predicted molar refractivity (Wildman–Crippen MR) is 89.5 cm³/mol. The average molecular weight is 340 g/mol. The van der Waals surface area contributed by atoms with Gasteiger partial charge in [0.1, 0.15) is 6.04 Å².